The molecule has 0 aliphatic rings. The second-order valence-corrected chi connectivity index (χ2v) is 15.0. The van der Waals surface area contributed by atoms with E-state index in [0.717, 1.165) is 89.2 Å². The minimum Gasteiger partial charge on any atom is -0.456 e. The molecule has 0 radical (unpaired) electrons. The van der Waals surface area contributed by atoms with Gasteiger partial charge in [-0.3, -0.25) is 0 Å². The van der Waals surface area contributed by atoms with E-state index in [2.05, 4.69) is 202 Å². The molecule has 5 nitrogen and oxygen atoms in total. The number of aromatic nitrogens is 1. The summed E-state index contributed by atoms with van der Waals surface area (Å²) < 4.78 is 15.6. The standard InChI is InChI=1S/C54H35N3O2/c1-4-14-36(15-5-1)55(37-16-6-2-7-17-37)40-25-30-47-48-31-27-42(35-54(48)59-53(47)33-40)56(41-26-29-46-45-21-11-13-23-51(45)58-52(46)34-41)39-24-28-44-43-20-10-12-22-49(43)57(50(44)32-39)38-18-8-3-9-19-38/h1-35H. The van der Waals surface area contributed by atoms with Gasteiger partial charge in [0.1, 0.15) is 22.3 Å². The lowest BCUT2D eigenvalue weighted by atomic mass is 10.1. The fraction of sp³-hybridized carbons (Fsp3) is 0. The minimum absolute atomic E-state index is 0.815. The van der Waals surface area contributed by atoms with Crippen LogP contribution in [0.5, 0.6) is 0 Å². The Kier molecular flexibility index (Phi) is 7.47. The molecule has 59 heavy (non-hydrogen) atoms. The van der Waals surface area contributed by atoms with Crippen molar-refractivity contribution in [3.8, 4) is 5.69 Å². The van der Waals surface area contributed by atoms with Crippen molar-refractivity contribution in [3.63, 3.8) is 0 Å². The van der Waals surface area contributed by atoms with Gasteiger partial charge in [-0.1, -0.05) is 97.1 Å². The maximum absolute atomic E-state index is 6.80. The maximum Gasteiger partial charge on any atom is 0.137 e. The van der Waals surface area contributed by atoms with E-state index in [9.17, 15) is 0 Å². The number of furan rings is 2. The van der Waals surface area contributed by atoms with Crippen LogP contribution in [-0.2, 0) is 0 Å². The Balaban J connectivity index is 1.05. The van der Waals surface area contributed by atoms with E-state index in [4.69, 9.17) is 8.83 Å². The molecule has 12 aromatic rings. The van der Waals surface area contributed by atoms with E-state index >= 15 is 0 Å². The van der Waals surface area contributed by atoms with E-state index < -0.39 is 0 Å². The Morgan fingerprint density at radius 3 is 1.24 bits per heavy atom. The summed E-state index contributed by atoms with van der Waals surface area (Å²) >= 11 is 0. The lowest BCUT2D eigenvalue weighted by molar-refractivity contribution is 0.669. The molecule has 0 aliphatic heterocycles. The molecule has 0 fully saturated rings. The number of anilines is 6. The highest BCUT2D eigenvalue weighted by atomic mass is 16.3. The number of para-hydroxylation sites is 5. The normalized spacial score (nSPS) is 11.7. The van der Waals surface area contributed by atoms with Crippen LogP contribution in [0.25, 0.3) is 71.4 Å². The maximum atomic E-state index is 6.80. The lowest BCUT2D eigenvalue weighted by Gasteiger charge is -2.25. The number of fused-ring (bicyclic) bond motifs is 9. The lowest BCUT2D eigenvalue weighted by Crippen LogP contribution is -2.10. The van der Waals surface area contributed by atoms with E-state index in [0.29, 0.717) is 0 Å². The number of hydrogen-bond donors (Lipinski definition) is 0. The van der Waals surface area contributed by atoms with Crippen molar-refractivity contribution in [1.29, 1.82) is 0 Å². The molecule has 0 N–H and O–H groups in total. The molecule has 0 spiro atoms. The monoisotopic (exact) mass is 757 g/mol. The summed E-state index contributed by atoms with van der Waals surface area (Å²) in [5, 5.41) is 6.75. The number of benzene rings is 9. The van der Waals surface area contributed by atoms with Crippen molar-refractivity contribution < 1.29 is 8.83 Å². The first-order chi connectivity index (χ1) is 29.2. The van der Waals surface area contributed by atoms with Gasteiger partial charge in [-0.05, 0) is 97.1 Å². The van der Waals surface area contributed by atoms with Crippen molar-refractivity contribution in [2.24, 2.45) is 0 Å². The molecule has 0 saturated heterocycles. The predicted molar refractivity (Wildman–Crippen MR) is 245 cm³/mol. The summed E-state index contributed by atoms with van der Waals surface area (Å²) in [4.78, 5) is 4.57. The molecule has 5 heteroatoms. The largest absolute Gasteiger partial charge is 0.456 e. The molecular weight excluding hydrogens is 723 g/mol. The second kappa shape index (κ2) is 13.3. The zero-order valence-corrected chi connectivity index (χ0v) is 31.9. The van der Waals surface area contributed by atoms with Gasteiger partial charge in [0, 0.05) is 90.3 Å². The molecule has 3 heterocycles. The third-order valence-electron chi connectivity index (χ3n) is 11.5. The first kappa shape index (κ1) is 33.2. The fourth-order valence-electron chi connectivity index (χ4n) is 8.89. The van der Waals surface area contributed by atoms with Gasteiger partial charge in [0.15, 0.2) is 0 Å². The Morgan fingerprint density at radius 2 is 0.661 bits per heavy atom. The molecule has 12 rings (SSSR count). The average Bonchev–Trinajstić information content (AvgIpc) is 3.96. The molecule has 3 aromatic heterocycles. The van der Waals surface area contributed by atoms with Crippen molar-refractivity contribution in [2.45, 2.75) is 0 Å². The van der Waals surface area contributed by atoms with Gasteiger partial charge < -0.3 is 23.2 Å². The first-order valence-electron chi connectivity index (χ1n) is 19.9. The summed E-state index contributed by atoms with van der Waals surface area (Å²) in [6, 6.07) is 74.8. The average molecular weight is 758 g/mol. The molecule has 0 atom stereocenters. The van der Waals surface area contributed by atoms with Crippen LogP contribution in [0.15, 0.2) is 221 Å². The van der Waals surface area contributed by atoms with E-state index in [-0.39, 0.29) is 0 Å². The summed E-state index contributed by atoms with van der Waals surface area (Å²) in [7, 11) is 0. The smallest absolute Gasteiger partial charge is 0.137 e. The quantitative estimate of drug-likeness (QED) is 0.162. The van der Waals surface area contributed by atoms with E-state index in [1.807, 2.05) is 24.3 Å². The van der Waals surface area contributed by atoms with Crippen LogP contribution in [0.2, 0.25) is 0 Å². The van der Waals surface area contributed by atoms with Gasteiger partial charge in [0.2, 0.25) is 0 Å². The summed E-state index contributed by atoms with van der Waals surface area (Å²) in [6.07, 6.45) is 0. The number of nitrogens with zero attached hydrogens (tertiary/aromatic N) is 3. The SMILES string of the molecule is c1ccc(N(c2ccccc2)c2ccc3c(c2)oc2cc(N(c4ccc5c(c4)oc4ccccc45)c4ccc5c6ccccc6n(-c6ccccc6)c5c4)ccc23)cc1. The Morgan fingerprint density at radius 1 is 0.271 bits per heavy atom. The number of hydrogen-bond acceptors (Lipinski definition) is 4. The molecular formula is C54H35N3O2. The molecule has 0 unspecified atom stereocenters. The molecule has 9 aromatic carbocycles. The third kappa shape index (κ3) is 5.40. The first-order valence-corrected chi connectivity index (χ1v) is 19.9. The Bertz CT molecular complexity index is 3470. The molecule has 0 amide bonds. The highest BCUT2D eigenvalue weighted by Crippen LogP contribution is 2.44. The van der Waals surface area contributed by atoms with Gasteiger partial charge in [0.25, 0.3) is 0 Å². The summed E-state index contributed by atoms with van der Waals surface area (Å²) in [5.41, 5.74) is 12.9. The van der Waals surface area contributed by atoms with Crippen molar-refractivity contribution in [2.75, 3.05) is 9.80 Å². The molecule has 278 valence electrons. The zero-order valence-electron chi connectivity index (χ0n) is 31.9. The van der Waals surface area contributed by atoms with Crippen LogP contribution in [0.3, 0.4) is 0 Å². The summed E-state index contributed by atoms with van der Waals surface area (Å²) in [6.45, 7) is 0. The van der Waals surface area contributed by atoms with Crippen LogP contribution in [0.4, 0.5) is 34.1 Å². The van der Waals surface area contributed by atoms with Gasteiger partial charge >= 0.3 is 0 Å². The predicted octanol–water partition coefficient (Wildman–Crippen LogP) is 15.5. The molecule has 0 bridgehead atoms. The van der Waals surface area contributed by atoms with Gasteiger partial charge in [0.05, 0.1) is 11.0 Å². The van der Waals surface area contributed by atoms with Crippen molar-refractivity contribution in [1.82, 2.24) is 4.57 Å². The Labute approximate surface area is 339 Å². The van der Waals surface area contributed by atoms with Crippen LogP contribution in [0.1, 0.15) is 0 Å². The number of rotatable bonds is 7. The third-order valence-corrected chi connectivity index (χ3v) is 11.5. The second-order valence-electron chi connectivity index (χ2n) is 15.0. The molecule has 0 saturated carbocycles. The zero-order chi connectivity index (χ0) is 38.9. The van der Waals surface area contributed by atoms with Crippen LogP contribution in [0, 0.1) is 0 Å². The summed E-state index contributed by atoms with van der Waals surface area (Å²) in [5.74, 6) is 0. The highest BCUT2D eigenvalue weighted by Gasteiger charge is 2.21. The van der Waals surface area contributed by atoms with Crippen molar-refractivity contribution in [3.05, 3.63) is 212 Å². The van der Waals surface area contributed by atoms with Gasteiger partial charge in [-0.25, -0.2) is 0 Å². The molecule has 0 aliphatic carbocycles. The topological polar surface area (TPSA) is 37.7 Å². The van der Waals surface area contributed by atoms with Crippen LogP contribution < -0.4 is 9.80 Å². The van der Waals surface area contributed by atoms with E-state index in [1.54, 1.807) is 0 Å². The fourth-order valence-corrected chi connectivity index (χ4v) is 8.89. The van der Waals surface area contributed by atoms with Crippen molar-refractivity contribution >= 4 is 99.8 Å². The van der Waals surface area contributed by atoms with Crippen LogP contribution in [-0.4, -0.2) is 4.57 Å². The van der Waals surface area contributed by atoms with Crippen LogP contribution >= 0.6 is 0 Å². The van der Waals surface area contributed by atoms with Gasteiger partial charge in [-0.15, -0.1) is 0 Å². The highest BCUT2D eigenvalue weighted by molar-refractivity contribution is 6.12. The Hall–Kier alpha value is -8.02. The van der Waals surface area contributed by atoms with Gasteiger partial charge in [-0.2, -0.15) is 0 Å². The van der Waals surface area contributed by atoms with E-state index in [1.165, 1.54) is 16.3 Å². The minimum atomic E-state index is 0.815.